The lowest BCUT2D eigenvalue weighted by Crippen LogP contribution is -2.18. The molecule has 0 aliphatic carbocycles. The van der Waals surface area contributed by atoms with Crippen LogP contribution in [0.5, 0.6) is 17.2 Å². The normalized spacial score (nSPS) is 20.1. The number of benzene rings is 1. The number of ether oxygens (including phenoxy) is 1. The number of phenols is 2. The van der Waals surface area contributed by atoms with Gasteiger partial charge in [0.15, 0.2) is 11.5 Å². The van der Waals surface area contributed by atoms with Gasteiger partial charge in [-0.05, 0) is 12.0 Å². The van der Waals surface area contributed by atoms with E-state index < -0.39 is 0 Å². The third-order valence-electron chi connectivity index (χ3n) is 2.36. The Balaban J connectivity index is 2.59. The van der Waals surface area contributed by atoms with E-state index in [1.165, 1.54) is 6.07 Å². The predicted molar refractivity (Wildman–Crippen MR) is 48.4 cm³/mol. The molecule has 2 N–H and O–H groups in total. The van der Waals surface area contributed by atoms with Gasteiger partial charge in [0.1, 0.15) is 0 Å². The van der Waals surface area contributed by atoms with Crippen molar-refractivity contribution in [3.8, 4) is 17.2 Å². The van der Waals surface area contributed by atoms with Gasteiger partial charge in [0.05, 0.1) is 6.42 Å². The van der Waals surface area contributed by atoms with Crippen LogP contribution >= 0.6 is 0 Å². The Morgan fingerprint density at radius 3 is 2.86 bits per heavy atom. The van der Waals surface area contributed by atoms with Crippen LogP contribution in [-0.2, 0) is 4.79 Å². The van der Waals surface area contributed by atoms with Crippen LogP contribution in [0.3, 0.4) is 0 Å². The van der Waals surface area contributed by atoms with Crippen LogP contribution in [0.15, 0.2) is 12.1 Å². The Morgan fingerprint density at radius 1 is 1.43 bits per heavy atom. The van der Waals surface area contributed by atoms with Crippen molar-refractivity contribution < 1.29 is 19.7 Å². The third kappa shape index (κ3) is 1.19. The highest BCUT2D eigenvalue weighted by Gasteiger charge is 2.27. The molecule has 2 rings (SSSR count). The summed E-state index contributed by atoms with van der Waals surface area (Å²) in [5, 5.41) is 18.7. The van der Waals surface area contributed by atoms with Gasteiger partial charge in [-0.1, -0.05) is 13.0 Å². The van der Waals surface area contributed by atoms with E-state index in [0.29, 0.717) is 6.42 Å². The lowest BCUT2D eigenvalue weighted by Gasteiger charge is -2.22. The first kappa shape index (κ1) is 8.87. The summed E-state index contributed by atoms with van der Waals surface area (Å²) in [5.41, 5.74) is 0.750. The number of carbonyl (C=O) groups excluding carboxylic acids is 1. The van der Waals surface area contributed by atoms with Crippen molar-refractivity contribution in [3.63, 3.8) is 0 Å². The van der Waals surface area contributed by atoms with Gasteiger partial charge in [-0.3, -0.25) is 4.79 Å². The molecule has 74 valence electrons. The maximum atomic E-state index is 11.1. The topological polar surface area (TPSA) is 66.8 Å². The van der Waals surface area contributed by atoms with E-state index in [4.69, 9.17) is 4.74 Å². The predicted octanol–water partition coefficient (Wildman–Crippen LogP) is 1.51. The second kappa shape index (κ2) is 2.90. The molecular weight excluding hydrogens is 184 g/mol. The summed E-state index contributed by atoms with van der Waals surface area (Å²) in [7, 11) is 0. The molecule has 1 unspecified atom stereocenters. The SMILES string of the molecule is CC1CC(=O)Oc2c1ccc(O)c2O. The number of phenolic OH excluding ortho intramolecular Hbond substituents is 2. The van der Waals surface area contributed by atoms with Crippen molar-refractivity contribution in [2.45, 2.75) is 19.3 Å². The fraction of sp³-hybridized carbons (Fsp3) is 0.300. The van der Waals surface area contributed by atoms with Crippen LogP contribution in [0.2, 0.25) is 0 Å². The lowest BCUT2D eigenvalue weighted by atomic mass is 9.94. The van der Waals surface area contributed by atoms with E-state index in [9.17, 15) is 15.0 Å². The van der Waals surface area contributed by atoms with Crippen LogP contribution in [-0.4, -0.2) is 16.2 Å². The smallest absolute Gasteiger partial charge is 0.311 e. The van der Waals surface area contributed by atoms with E-state index in [2.05, 4.69) is 0 Å². The fourth-order valence-corrected chi connectivity index (χ4v) is 1.59. The Labute approximate surface area is 80.7 Å². The molecule has 1 aliphatic rings. The lowest BCUT2D eigenvalue weighted by molar-refractivity contribution is -0.135. The first-order valence-electron chi connectivity index (χ1n) is 4.35. The Hall–Kier alpha value is -1.71. The molecule has 0 saturated heterocycles. The number of esters is 1. The van der Waals surface area contributed by atoms with Crippen LogP contribution in [0.4, 0.5) is 0 Å². The van der Waals surface area contributed by atoms with Crippen LogP contribution < -0.4 is 4.74 Å². The summed E-state index contributed by atoms with van der Waals surface area (Å²) < 4.78 is 4.86. The highest BCUT2D eigenvalue weighted by Crippen LogP contribution is 2.44. The van der Waals surface area contributed by atoms with E-state index in [0.717, 1.165) is 5.56 Å². The molecule has 1 aromatic rings. The minimum Gasteiger partial charge on any atom is -0.504 e. The average Bonchev–Trinajstić information content (AvgIpc) is 2.12. The second-order valence-corrected chi connectivity index (χ2v) is 3.43. The van der Waals surface area contributed by atoms with E-state index in [1.54, 1.807) is 6.07 Å². The maximum absolute atomic E-state index is 11.1. The number of fused-ring (bicyclic) bond motifs is 1. The van der Waals surface area contributed by atoms with E-state index >= 15 is 0 Å². The van der Waals surface area contributed by atoms with E-state index in [-0.39, 0.29) is 29.1 Å². The number of aromatic hydroxyl groups is 2. The molecule has 0 aromatic heterocycles. The number of hydrogen-bond acceptors (Lipinski definition) is 4. The molecule has 1 heterocycles. The molecule has 1 atom stereocenters. The highest BCUT2D eigenvalue weighted by atomic mass is 16.5. The molecule has 1 aromatic carbocycles. The Bertz CT molecular complexity index is 397. The summed E-state index contributed by atoms with van der Waals surface area (Å²) in [6.45, 7) is 1.87. The minimum atomic E-state index is -0.383. The number of rotatable bonds is 0. The van der Waals surface area contributed by atoms with Gasteiger partial charge < -0.3 is 14.9 Å². The minimum absolute atomic E-state index is 0.0118. The molecule has 0 radical (unpaired) electrons. The third-order valence-corrected chi connectivity index (χ3v) is 2.36. The summed E-state index contributed by atoms with van der Waals surface area (Å²) in [6, 6.07) is 3.05. The highest BCUT2D eigenvalue weighted by molar-refractivity contribution is 5.78. The van der Waals surface area contributed by atoms with Crippen molar-refractivity contribution in [2.24, 2.45) is 0 Å². The molecule has 0 saturated carbocycles. The molecule has 0 amide bonds. The molecule has 1 aliphatic heterocycles. The van der Waals surface area contributed by atoms with Gasteiger partial charge in [-0.25, -0.2) is 0 Å². The van der Waals surface area contributed by atoms with Crippen molar-refractivity contribution in [1.29, 1.82) is 0 Å². The van der Waals surface area contributed by atoms with Gasteiger partial charge in [0, 0.05) is 5.56 Å². The molecule has 0 bridgehead atoms. The molecule has 14 heavy (non-hydrogen) atoms. The summed E-state index contributed by atoms with van der Waals surface area (Å²) in [4.78, 5) is 11.1. The molecular formula is C10H10O4. The monoisotopic (exact) mass is 194 g/mol. The summed E-state index contributed by atoms with van der Waals surface area (Å²) >= 11 is 0. The average molecular weight is 194 g/mol. The molecule has 0 spiro atoms. The maximum Gasteiger partial charge on any atom is 0.311 e. The van der Waals surface area contributed by atoms with Gasteiger partial charge in [-0.15, -0.1) is 0 Å². The molecule has 4 heteroatoms. The first-order chi connectivity index (χ1) is 6.59. The Kier molecular flexibility index (Phi) is 1.84. The number of hydrogen-bond donors (Lipinski definition) is 2. The standard InChI is InChI=1S/C10H10O4/c1-5-4-8(12)14-10-6(5)2-3-7(11)9(10)13/h2-3,5,11,13H,4H2,1H3. The van der Waals surface area contributed by atoms with Gasteiger partial charge in [0.2, 0.25) is 5.75 Å². The zero-order chi connectivity index (χ0) is 10.3. The van der Waals surface area contributed by atoms with Crippen LogP contribution in [0.25, 0.3) is 0 Å². The van der Waals surface area contributed by atoms with Crippen molar-refractivity contribution in [2.75, 3.05) is 0 Å². The van der Waals surface area contributed by atoms with Crippen LogP contribution in [0, 0.1) is 0 Å². The fourth-order valence-electron chi connectivity index (χ4n) is 1.59. The van der Waals surface area contributed by atoms with Gasteiger partial charge >= 0.3 is 5.97 Å². The summed E-state index contributed by atoms with van der Waals surface area (Å²) in [5.74, 6) is -0.912. The summed E-state index contributed by atoms with van der Waals surface area (Å²) in [6.07, 6.45) is 0.303. The van der Waals surface area contributed by atoms with Gasteiger partial charge in [-0.2, -0.15) is 0 Å². The van der Waals surface area contributed by atoms with Crippen molar-refractivity contribution >= 4 is 5.97 Å². The van der Waals surface area contributed by atoms with E-state index in [1.807, 2.05) is 6.92 Å². The zero-order valence-corrected chi connectivity index (χ0v) is 7.65. The van der Waals surface area contributed by atoms with Gasteiger partial charge in [0.25, 0.3) is 0 Å². The second-order valence-electron chi connectivity index (χ2n) is 3.43. The zero-order valence-electron chi connectivity index (χ0n) is 7.65. The van der Waals surface area contributed by atoms with Crippen molar-refractivity contribution in [3.05, 3.63) is 17.7 Å². The van der Waals surface area contributed by atoms with Crippen molar-refractivity contribution in [1.82, 2.24) is 0 Å². The number of carbonyl (C=O) groups is 1. The Morgan fingerprint density at radius 2 is 2.14 bits per heavy atom. The van der Waals surface area contributed by atoms with Crippen LogP contribution in [0.1, 0.15) is 24.8 Å². The first-order valence-corrected chi connectivity index (χ1v) is 4.35. The largest absolute Gasteiger partial charge is 0.504 e. The molecule has 4 nitrogen and oxygen atoms in total. The molecule has 0 fully saturated rings. The quantitative estimate of drug-likeness (QED) is 0.373.